The molecule has 0 atom stereocenters. The largest absolute Gasteiger partial charge is 0.344 e. The number of halogens is 1. The maximum Gasteiger partial charge on any atom is 0.192 e. The van der Waals surface area contributed by atoms with Crippen molar-refractivity contribution in [1.29, 1.82) is 0 Å². The van der Waals surface area contributed by atoms with Gasteiger partial charge in [0.1, 0.15) is 0 Å². The Morgan fingerprint density at radius 1 is 1.33 bits per heavy atom. The van der Waals surface area contributed by atoms with Crippen LogP contribution < -0.4 is 0 Å². The number of thioether (sulfide) groups is 1. The van der Waals surface area contributed by atoms with Crippen LogP contribution in [0.4, 0.5) is 0 Å². The Labute approximate surface area is 98.9 Å². The average Bonchev–Trinajstić information content (AvgIpc) is 2.67. The van der Waals surface area contributed by atoms with Crippen LogP contribution in [0.1, 0.15) is 12.5 Å². The van der Waals surface area contributed by atoms with E-state index in [0.29, 0.717) is 13.2 Å². The highest BCUT2D eigenvalue weighted by atomic mass is 35.5. The summed E-state index contributed by atoms with van der Waals surface area (Å²) >= 11 is 7.67. The monoisotopic (exact) mass is 244 g/mol. The van der Waals surface area contributed by atoms with Crippen molar-refractivity contribution in [2.24, 2.45) is 0 Å². The molecule has 4 heteroatoms. The highest BCUT2D eigenvalue weighted by molar-refractivity contribution is 7.98. The summed E-state index contributed by atoms with van der Waals surface area (Å²) in [5, 5.41) is 0.771. The summed E-state index contributed by atoms with van der Waals surface area (Å²) in [5.41, 5.74) is 1.02. The minimum absolute atomic E-state index is 0.602. The van der Waals surface area contributed by atoms with Gasteiger partial charge in [0.05, 0.1) is 18.2 Å². The molecule has 0 radical (unpaired) electrons. The molecule has 1 aliphatic rings. The second kappa shape index (κ2) is 4.34. The van der Waals surface area contributed by atoms with E-state index < -0.39 is 5.79 Å². The maximum absolute atomic E-state index is 6.05. The predicted molar refractivity (Wildman–Crippen MR) is 62.5 cm³/mol. The van der Waals surface area contributed by atoms with Crippen LogP contribution in [-0.4, -0.2) is 19.5 Å². The lowest BCUT2D eigenvalue weighted by molar-refractivity contribution is -0.149. The molecule has 0 saturated carbocycles. The first kappa shape index (κ1) is 11.3. The quantitative estimate of drug-likeness (QED) is 0.744. The predicted octanol–water partition coefficient (Wildman–Crippen LogP) is 3.28. The standard InChI is InChI=1S/C11H13ClO2S/c1-11(13-5-6-14-11)8-3-4-9(12)10(7-8)15-2/h3-4,7H,5-6H2,1-2H3. The highest BCUT2D eigenvalue weighted by Gasteiger charge is 2.33. The number of hydrogen-bond donors (Lipinski definition) is 0. The summed E-state index contributed by atoms with van der Waals surface area (Å²) in [6.07, 6.45) is 2.00. The van der Waals surface area contributed by atoms with Crippen molar-refractivity contribution in [3.05, 3.63) is 28.8 Å². The van der Waals surface area contributed by atoms with Gasteiger partial charge in [-0.2, -0.15) is 0 Å². The van der Waals surface area contributed by atoms with Crippen LogP contribution in [0.25, 0.3) is 0 Å². The zero-order valence-corrected chi connectivity index (χ0v) is 10.3. The van der Waals surface area contributed by atoms with E-state index >= 15 is 0 Å². The average molecular weight is 245 g/mol. The van der Waals surface area contributed by atoms with Gasteiger partial charge in [-0.3, -0.25) is 0 Å². The fourth-order valence-corrected chi connectivity index (χ4v) is 2.48. The number of ether oxygens (including phenoxy) is 2. The van der Waals surface area contributed by atoms with E-state index in [1.807, 2.05) is 31.4 Å². The third-order valence-electron chi connectivity index (χ3n) is 2.51. The van der Waals surface area contributed by atoms with Gasteiger partial charge in [0, 0.05) is 10.5 Å². The molecular weight excluding hydrogens is 232 g/mol. The van der Waals surface area contributed by atoms with Crippen LogP contribution in [0, 0.1) is 0 Å². The lowest BCUT2D eigenvalue weighted by atomic mass is 10.1. The Balaban J connectivity index is 2.36. The minimum atomic E-state index is -0.602. The fraction of sp³-hybridized carbons (Fsp3) is 0.455. The number of hydrogen-bond acceptors (Lipinski definition) is 3. The summed E-state index contributed by atoms with van der Waals surface area (Å²) in [6.45, 7) is 3.23. The third-order valence-corrected chi connectivity index (χ3v) is 3.73. The molecule has 0 bridgehead atoms. The van der Waals surface area contributed by atoms with Gasteiger partial charge < -0.3 is 9.47 Å². The molecule has 2 nitrogen and oxygen atoms in total. The van der Waals surface area contributed by atoms with Crippen molar-refractivity contribution in [3.63, 3.8) is 0 Å². The molecule has 1 saturated heterocycles. The summed E-state index contributed by atoms with van der Waals surface area (Å²) in [4.78, 5) is 1.05. The Bertz CT molecular complexity index is 362. The summed E-state index contributed by atoms with van der Waals surface area (Å²) < 4.78 is 11.2. The van der Waals surface area contributed by atoms with Gasteiger partial charge in [0.15, 0.2) is 5.79 Å². The molecule has 1 heterocycles. The van der Waals surface area contributed by atoms with Gasteiger partial charge in [-0.15, -0.1) is 11.8 Å². The Morgan fingerprint density at radius 2 is 2.00 bits per heavy atom. The van der Waals surface area contributed by atoms with E-state index in [2.05, 4.69) is 0 Å². The lowest BCUT2D eigenvalue weighted by Gasteiger charge is -2.23. The van der Waals surface area contributed by atoms with Gasteiger partial charge in [-0.1, -0.05) is 17.7 Å². The van der Waals surface area contributed by atoms with Gasteiger partial charge >= 0.3 is 0 Å². The first-order valence-corrected chi connectivity index (χ1v) is 6.38. The van der Waals surface area contributed by atoms with E-state index in [1.54, 1.807) is 11.8 Å². The zero-order chi connectivity index (χ0) is 10.9. The van der Waals surface area contributed by atoms with Gasteiger partial charge in [0.25, 0.3) is 0 Å². The molecule has 1 aliphatic heterocycles. The van der Waals surface area contributed by atoms with Crippen LogP contribution in [0.5, 0.6) is 0 Å². The van der Waals surface area contributed by atoms with E-state index in [1.165, 1.54) is 0 Å². The molecule has 1 aromatic carbocycles. The molecule has 1 fully saturated rings. The minimum Gasteiger partial charge on any atom is -0.344 e. The second-order valence-corrected chi connectivity index (χ2v) is 4.75. The first-order valence-electron chi connectivity index (χ1n) is 4.77. The highest BCUT2D eigenvalue weighted by Crippen LogP contribution is 2.35. The topological polar surface area (TPSA) is 18.5 Å². The van der Waals surface area contributed by atoms with Gasteiger partial charge in [-0.25, -0.2) is 0 Å². The summed E-state index contributed by atoms with van der Waals surface area (Å²) in [7, 11) is 0. The normalized spacial score (nSPS) is 19.4. The molecule has 0 N–H and O–H groups in total. The van der Waals surface area contributed by atoms with Crippen molar-refractivity contribution in [1.82, 2.24) is 0 Å². The second-order valence-electron chi connectivity index (χ2n) is 3.49. The van der Waals surface area contributed by atoms with Crippen molar-refractivity contribution in [2.75, 3.05) is 19.5 Å². The molecule has 0 aliphatic carbocycles. The Kier molecular flexibility index (Phi) is 3.26. The van der Waals surface area contributed by atoms with E-state index in [9.17, 15) is 0 Å². The Morgan fingerprint density at radius 3 is 2.60 bits per heavy atom. The molecular formula is C11H13ClO2S. The third kappa shape index (κ3) is 2.16. The van der Waals surface area contributed by atoms with Crippen molar-refractivity contribution in [2.45, 2.75) is 17.6 Å². The molecule has 0 aromatic heterocycles. The molecule has 0 amide bonds. The molecule has 0 unspecified atom stereocenters. The molecule has 0 spiro atoms. The lowest BCUT2D eigenvalue weighted by Crippen LogP contribution is -2.22. The van der Waals surface area contributed by atoms with E-state index in [0.717, 1.165) is 15.5 Å². The summed E-state index contributed by atoms with van der Waals surface area (Å²) in [5.74, 6) is -0.602. The Hall–Kier alpha value is -0.220. The van der Waals surface area contributed by atoms with Crippen LogP contribution in [-0.2, 0) is 15.3 Å². The molecule has 1 aromatic rings. The van der Waals surface area contributed by atoms with Crippen LogP contribution in [0.2, 0.25) is 5.02 Å². The molecule has 82 valence electrons. The molecule has 15 heavy (non-hydrogen) atoms. The van der Waals surface area contributed by atoms with Crippen molar-refractivity contribution >= 4 is 23.4 Å². The van der Waals surface area contributed by atoms with E-state index in [-0.39, 0.29) is 0 Å². The van der Waals surface area contributed by atoms with Crippen molar-refractivity contribution < 1.29 is 9.47 Å². The van der Waals surface area contributed by atoms with Gasteiger partial charge in [-0.05, 0) is 25.3 Å². The first-order chi connectivity index (χ1) is 7.15. The zero-order valence-electron chi connectivity index (χ0n) is 8.75. The molecule has 2 rings (SSSR count). The van der Waals surface area contributed by atoms with Crippen molar-refractivity contribution in [3.8, 4) is 0 Å². The maximum atomic E-state index is 6.05. The number of rotatable bonds is 2. The fourth-order valence-electron chi connectivity index (χ4n) is 1.62. The van der Waals surface area contributed by atoms with Crippen LogP contribution in [0.15, 0.2) is 23.1 Å². The van der Waals surface area contributed by atoms with Crippen LogP contribution >= 0.6 is 23.4 Å². The smallest absolute Gasteiger partial charge is 0.192 e. The van der Waals surface area contributed by atoms with Crippen LogP contribution in [0.3, 0.4) is 0 Å². The SMILES string of the molecule is CSc1cc(C2(C)OCCO2)ccc1Cl. The number of benzene rings is 1. The van der Waals surface area contributed by atoms with E-state index in [4.69, 9.17) is 21.1 Å². The summed E-state index contributed by atoms with van der Waals surface area (Å²) in [6, 6.07) is 5.87. The van der Waals surface area contributed by atoms with Gasteiger partial charge in [0.2, 0.25) is 0 Å².